The summed E-state index contributed by atoms with van der Waals surface area (Å²) in [5.41, 5.74) is 0.451. The zero-order chi connectivity index (χ0) is 11.5. The second-order valence-electron chi connectivity index (χ2n) is 4.19. The van der Waals surface area contributed by atoms with Gasteiger partial charge in [0, 0.05) is 19.9 Å². The van der Waals surface area contributed by atoms with Crippen molar-refractivity contribution < 1.29 is 9.53 Å². The Morgan fingerprint density at radius 1 is 1.75 bits per heavy atom. The number of carbonyl (C=O) groups excluding carboxylic acids is 1. The smallest absolute Gasteiger partial charge is 0.272 e. The van der Waals surface area contributed by atoms with Crippen molar-refractivity contribution in [1.82, 2.24) is 15.1 Å². The van der Waals surface area contributed by atoms with Crippen LogP contribution < -0.4 is 5.32 Å². The lowest BCUT2D eigenvalue weighted by molar-refractivity contribution is 0.0709. The van der Waals surface area contributed by atoms with E-state index in [9.17, 15) is 4.79 Å². The highest BCUT2D eigenvalue weighted by Gasteiger charge is 2.24. The third-order valence-electron chi connectivity index (χ3n) is 2.83. The van der Waals surface area contributed by atoms with E-state index in [4.69, 9.17) is 4.74 Å². The van der Waals surface area contributed by atoms with Gasteiger partial charge in [-0.2, -0.15) is 5.10 Å². The van der Waals surface area contributed by atoms with Crippen LogP contribution in [-0.4, -0.2) is 34.4 Å². The number of hydrogen-bond acceptors (Lipinski definition) is 3. The van der Waals surface area contributed by atoms with Gasteiger partial charge in [-0.3, -0.25) is 9.48 Å². The van der Waals surface area contributed by atoms with E-state index in [1.807, 2.05) is 6.92 Å². The molecule has 2 heterocycles. The summed E-state index contributed by atoms with van der Waals surface area (Å²) in [6.07, 6.45) is 4.00. The zero-order valence-electron chi connectivity index (χ0n) is 9.64. The number of hydrogen-bond donors (Lipinski definition) is 1. The molecule has 1 aliphatic rings. The van der Waals surface area contributed by atoms with Crippen LogP contribution in [0.15, 0.2) is 12.3 Å². The lowest BCUT2D eigenvalue weighted by Crippen LogP contribution is -2.41. The summed E-state index contributed by atoms with van der Waals surface area (Å²) < 4.78 is 7.13. The van der Waals surface area contributed by atoms with E-state index < -0.39 is 0 Å². The fourth-order valence-electron chi connectivity index (χ4n) is 1.91. The first-order chi connectivity index (χ1) is 7.66. The molecule has 0 saturated carbocycles. The van der Waals surface area contributed by atoms with Crippen molar-refractivity contribution in [2.75, 3.05) is 6.61 Å². The molecule has 0 radical (unpaired) electrons. The van der Waals surface area contributed by atoms with Crippen LogP contribution in [0.5, 0.6) is 0 Å². The molecule has 0 aromatic carbocycles. The van der Waals surface area contributed by atoms with Crippen LogP contribution in [-0.2, 0) is 11.8 Å². The Kier molecular flexibility index (Phi) is 3.24. The first-order valence-corrected chi connectivity index (χ1v) is 5.59. The lowest BCUT2D eigenvalue weighted by atomic mass is 10.1. The first kappa shape index (κ1) is 11.1. The summed E-state index contributed by atoms with van der Waals surface area (Å²) in [6.45, 7) is 2.77. The van der Waals surface area contributed by atoms with Gasteiger partial charge in [0.2, 0.25) is 0 Å². The number of nitrogens with zero attached hydrogens (tertiary/aromatic N) is 2. The summed E-state index contributed by atoms with van der Waals surface area (Å²) in [5.74, 6) is -0.136. The predicted octanol–water partition coefficient (Wildman–Crippen LogP) is 0.717. The SMILES string of the molecule is C[C@H](NC(=O)c1ccn(C)n1)[C@H]1CCCO1. The number of rotatable bonds is 3. The van der Waals surface area contributed by atoms with Crippen molar-refractivity contribution in [3.05, 3.63) is 18.0 Å². The van der Waals surface area contributed by atoms with E-state index >= 15 is 0 Å². The standard InChI is InChI=1S/C11H17N3O2/c1-8(10-4-3-7-16-10)12-11(15)9-5-6-14(2)13-9/h5-6,8,10H,3-4,7H2,1-2H3,(H,12,15)/t8-,10+/m0/s1. The van der Waals surface area contributed by atoms with Gasteiger partial charge in [-0.15, -0.1) is 0 Å². The Hall–Kier alpha value is -1.36. The Labute approximate surface area is 94.8 Å². The van der Waals surface area contributed by atoms with Crippen molar-refractivity contribution in [2.45, 2.75) is 31.9 Å². The van der Waals surface area contributed by atoms with Gasteiger partial charge in [0.05, 0.1) is 12.1 Å². The fraction of sp³-hybridized carbons (Fsp3) is 0.636. The van der Waals surface area contributed by atoms with Crippen molar-refractivity contribution in [2.24, 2.45) is 7.05 Å². The average molecular weight is 223 g/mol. The number of aryl methyl sites for hydroxylation is 1. The van der Waals surface area contributed by atoms with Crippen LogP contribution in [0.4, 0.5) is 0 Å². The highest BCUT2D eigenvalue weighted by Crippen LogP contribution is 2.15. The van der Waals surface area contributed by atoms with Gasteiger partial charge in [-0.1, -0.05) is 0 Å². The average Bonchev–Trinajstić information content (AvgIpc) is 2.87. The number of amides is 1. The summed E-state index contributed by atoms with van der Waals surface area (Å²) >= 11 is 0. The Morgan fingerprint density at radius 2 is 2.56 bits per heavy atom. The highest BCUT2D eigenvalue weighted by atomic mass is 16.5. The van der Waals surface area contributed by atoms with Crippen molar-refractivity contribution in [1.29, 1.82) is 0 Å². The molecule has 1 saturated heterocycles. The number of nitrogens with one attached hydrogen (secondary N) is 1. The van der Waals surface area contributed by atoms with Crippen LogP contribution in [0.25, 0.3) is 0 Å². The minimum atomic E-state index is -0.136. The zero-order valence-corrected chi connectivity index (χ0v) is 9.64. The minimum Gasteiger partial charge on any atom is -0.376 e. The van der Waals surface area contributed by atoms with E-state index in [1.54, 1.807) is 24.0 Å². The van der Waals surface area contributed by atoms with Gasteiger partial charge in [-0.25, -0.2) is 0 Å². The predicted molar refractivity (Wildman–Crippen MR) is 59.1 cm³/mol. The van der Waals surface area contributed by atoms with E-state index in [2.05, 4.69) is 10.4 Å². The summed E-state index contributed by atoms with van der Waals surface area (Å²) in [7, 11) is 1.79. The second kappa shape index (κ2) is 4.65. The van der Waals surface area contributed by atoms with Crippen LogP contribution in [0.3, 0.4) is 0 Å². The second-order valence-corrected chi connectivity index (χ2v) is 4.19. The molecule has 1 aromatic heterocycles. The molecule has 1 fully saturated rings. The lowest BCUT2D eigenvalue weighted by Gasteiger charge is -2.19. The molecular weight excluding hydrogens is 206 g/mol. The molecule has 1 N–H and O–H groups in total. The third kappa shape index (κ3) is 2.41. The minimum absolute atomic E-state index is 0.0389. The van der Waals surface area contributed by atoms with Gasteiger partial charge in [-0.05, 0) is 25.8 Å². The topological polar surface area (TPSA) is 56.2 Å². The molecule has 5 nitrogen and oxygen atoms in total. The Balaban J connectivity index is 1.91. The molecule has 5 heteroatoms. The molecule has 0 unspecified atom stereocenters. The van der Waals surface area contributed by atoms with Crippen LogP contribution in [0, 0.1) is 0 Å². The van der Waals surface area contributed by atoms with E-state index in [-0.39, 0.29) is 18.1 Å². The maximum atomic E-state index is 11.8. The monoisotopic (exact) mass is 223 g/mol. The maximum absolute atomic E-state index is 11.8. The summed E-state index contributed by atoms with van der Waals surface area (Å²) in [4.78, 5) is 11.8. The molecule has 2 rings (SSSR count). The Morgan fingerprint density at radius 3 is 3.12 bits per heavy atom. The largest absolute Gasteiger partial charge is 0.376 e. The summed E-state index contributed by atoms with van der Waals surface area (Å²) in [5, 5.41) is 6.97. The molecule has 1 aromatic rings. The number of ether oxygens (including phenoxy) is 1. The van der Waals surface area contributed by atoms with Crippen LogP contribution >= 0.6 is 0 Å². The van der Waals surface area contributed by atoms with Gasteiger partial charge in [0.1, 0.15) is 5.69 Å². The molecule has 0 bridgehead atoms. The third-order valence-corrected chi connectivity index (χ3v) is 2.83. The normalized spacial score (nSPS) is 22.0. The van der Waals surface area contributed by atoms with Crippen LogP contribution in [0.1, 0.15) is 30.3 Å². The first-order valence-electron chi connectivity index (χ1n) is 5.59. The van der Waals surface area contributed by atoms with Crippen LogP contribution in [0.2, 0.25) is 0 Å². The van der Waals surface area contributed by atoms with Crippen molar-refractivity contribution in [3.63, 3.8) is 0 Å². The highest BCUT2D eigenvalue weighted by molar-refractivity contribution is 5.92. The molecule has 1 aliphatic heterocycles. The van der Waals surface area contributed by atoms with E-state index in [0.717, 1.165) is 19.4 Å². The molecular formula is C11H17N3O2. The summed E-state index contributed by atoms with van der Waals surface area (Å²) in [6, 6.07) is 1.74. The quantitative estimate of drug-likeness (QED) is 0.821. The number of aromatic nitrogens is 2. The Bertz CT molecular complexity index is 369. The maximum Gasteiger partial charge on any atom is 0.272 e. The van der Waals surface area contributed by atoms with Gasteiger partial charge >= 0.3 is 0 Å². The van der Waals surface area contributed by atoms with Crippen molar-refractivity contribution >= 4 is 5.91 Å². The van der Waals surface area contributed by atoms with E-state index in [1.165, 1.54) is 0 Å². The molecule has 2 atom stereocenters. The van der Waals surface area contributed by atoms with Gasteiger partial charge in [0.15, 0.2) is 0 Å². The van der Waals surface area contributed by atoms with Gasteiger partial charge in [0.25, 0.3) is 5.91 Å². The molecule has 0 aliphatic carbocycles. The van der Waals surface area contributed by atoms with E-state index in [0.29, 0.717) is 5.69 Å². The molecule has 0 spiro atoms. The van der Waals surface area contributed by atoms with Crippen molar-refractivity contribution in [3.8, 4) is 0 Å². The molecule has 16 heavy (non-hydrogen) atoms. The molecule has 1 amide bonds. The van der Waals surface area contributed by atoms with Gasteiger partial charge < -0.3 is 10.1 Å². The fourth-order valence-corrected chi connectivity index (χ4v) is 1.91. The molecule has 88 valence electrons. The number of carbonyl (C=O) groups is 1.